The Morgan fingerprint density at radius 3 is 2.84 bits per heavy atom. The number of hydrogen-bond acceptors (Lipinski definition) is 5. The van der Waals surface area contributed by atoms with Gasteiger partial charge in [-0.3, -0.25) is 9.36 Å². The Balaban J connectivity index is 1.61. The van der Waals surface area contributed by atoms with Crippen LogP contribution in [0.25, 0.3) is 17.2 Å². The predicted molar refractivity (Wildman–Crippen MR) is 92.5 cm³/mol. The van der Waals surface area contributed by atoms with Crippen LogP contribution in [-0.4, -0.2) is 24.1 Å². The maximum absolute atomic E-state index is 11.9. The van der Waals surface area contributed by atoms with E-state index in [9.17, 15) is 9.59 Å². The fraction of sp³-hybridized carbons (Fsp3) is 0.222. The molecule has 2 heterocycles. The van der Waals surface area contributed by atoms with Gasteiger partial charge in [-0.1, -0.05) is 0 Å². The lowest BCUT2D eigenvalue weighted by Crippen LogP contribution is -2.28. The van der Waals surface area contributed by atoms with E-state index in [2.05, 4.69) is 5.32 Å². The largest absolute Gasteiger partial charge is 0.497 e. The third-order valence-electron chi connectivity index (χ3n) is 3.67. The molecule has 3 rings (SSSR count). The van der Waals surface area contributed by atoms with Gasteiger partial charge in [0, 0.05) is 25.2 Å². The molecule has 0 saturated heterocycles. The van der Waals surface area contributed by atoms with Gasteiger partial charge in [0.25, 0.3) is 0 Å². The summed E-state index contributed by atoms with van der Waals surface area (Å²) in [4.78, 5) is 23.8. The molecule has 1 N–H and O–H groups in total. The van der Waals surface area contributed by atoms with Crippen molar-refractivity contribution in [1.29, 1.82) is 0 Å². The molecule has 0 radical (unpaired) electrons. The van der Waals surface area contributed by atoms with Crippen LogP contribution in [0.15, 0.2) is 50.0 Å². The first kappa shape index (κ1) is 16.6. The van der Waals surface area contributed by atoms with Crippen LogP contribution in [0.1, 0.15) is 11.5 Å². The zero-order valence-corrected chi connectivity index (χ0v) is 13.9. The molecule has 0 unspecified atom stereocenters. The number of carbonyl (C=O) groups excluding carboxylic acids is 1. The smallest absolute Gasteiger partial charge is 0.420 e. The van der Waals surface area contributed by atoms with Gasteiger partial charge in [-0.05, 0) is 37.3 Å². The minimum absolute atomic E-state index is 0.267. The summed E-state index contributed by atoms with van der Waals surface area (Å²) >= 11 is 0. The van der Waals surface area contributed by atoms with Gasteiger partial charge in [-0.25, -0.2) is 4.79 Å². The van der Waals surface area contributed by atoms with Crippen molar-refractivity contribution < 1.29 is 18.4 Å². The molecule has 7 heteroatoms. The molecule has 1 amide bonds. The molecule has 130 valence electrons. The number of benzene rings is 1. The predicted octanol–water partition coefficient (Wildman–Crippen LogP) is 2.33. The summed E-state index contributed by atoms with van der Waals surface area (Å²) in [5.74, 6) is 1.26. The number of hydrogen-bond donors (Lipinski definition) is 1. The van der Waals surface area contributed by atoms with Crippen molar-refractivity contribution in [3.05, 3.63) is 58.5 Å². The zero-order chi connectivity index (χ0) is 17.8. The monoisotopic (exact) mass is 342 g/mol. The summed E-state index contributed by atoms with van der Waals surface area (Å²) in [6.07, 6.45) is 2.98. The van der Waals surface area contributed by atoms with Crippen molar-refractivity contribution in [3.8, 4) is 5.75 Å². The molecular formula is C18H18N2O5. The van der Waals surface area contributed by atoms with Gasteiger partial charge < -0.3 is 18.9 Å². The third kappa shape index (κ3) is 3.82. The van der Waals surface area contributed by atoms with E-state index in [1.54, 1.807) is 37.5 Å². The second kappa shape index (κ2) is 7.12. The number of furan rings is 1. The summed E-state index contributed by atoms with van der Waals surface area (Å²) in [5.41, 5.74) is 1.10. The van der Waals surface area contributed by atoms with Gasteiger partial charge in [0.05, 0.1) is 12.6 Å². The molecule has 0 spiro atoms. The van der Waals surface area contributed by atoms with Gasteiger partial charge >= 0.3 is 5.76 Å². The van der Waals surface area contributed by atoms with E-state index in [1.165, 1.54) is 10.6 Å². The van der Waals surface area contributed by atoms with Crippen molar-refractivity contribution in [1.82, 2.24) is 9.88 Å². The fourth-order valence-corrected chi connectivity index (χ4v) is 2.44. The van der Waals surface area contributed by atoms with Gasteiger partial charge in [0.2, 0.25) is 5.91 Å². The van der Waals surface area contributed by atoms with Gasteiger partial charge in [-0.15, -0.1) is 0 Å². The quantitative estimate of drug-likeness (QED) is 0.695. The van der Waals surface area contributed by atoms with E-state index in [1.807, 2.05) is 13.0 Å². The number of methoxy groups -OCH3 is 1. The summed E-state index contributed by atoms with van der Waals surface area (Å²) in [6.45, 7) is 2.43. The van der Waals surface area contributed by atoms with Crippen LogP contribution in [0.2, 0.25) is 0 Å². The molecule has 3 aromatic rings. The lowest BCUT2D eigenvalue weighted by Gasteiger charge is -2.04. The molecule has 2 aromatic heterocycles. The van der Waals surface area contributed by atoms with Crippen molar-refractivity contribution in [2.75, 3.05) is 13.7 Å². The number of amides is 1. The first-order valence-electron chi connectivity index (χ1n) is 7.76. The summed E-state index contributed by atoms with van der Waals surface area (Å²) in [6, 6.07) is 8.76. The zero-order valence-electron chi connectivity index (χ0n) is 13.9. The molecule has 0 fully saturated rings. The van der Waals surface area contributed by atoms with E-state index in [0.717, 1.165) is 5.76 Å². The standard InChI is InChI=1S/C18H18N2O5/c1-12-3-4-13(24-12)6-8-17(21)19-9-10-20-15-7-5-14(23-2)11-16(15)25-18(20)22/h3-8,11H,9-10H2,1-2H3,(H,19,21)/b8-6+. The SMILES string of the molecule is COc1ccc2c(c1)oc(=O)n2CCNC(=O)/C=C/c1ccc(C)o1. The average Bonchev–Trinajstić information content (AvgIpc) is 3.15. The second-order valence-corrected chi connectivity index (χ2v) is 5.43. The molecular weight excluding hydrogens is 324 g/mol. The summed E-state index contributed by atoms with van der Waals surface area (Å²) < 4.78 is 17.1. The molecule has 1 aromatic carbocycles. The van der Waals surface area contributed by atoms with Gasteiger partial charge in [0.1, 0.15) is 17.3 Å². The van der Waals surface area contributed by atoms with Crippen molar-refractivity contribution >= 4 is 23.1 Å². The van der Waals surface area contributed by atoms with E-state index in [0.29, 0.717) is 35.7 Å². The molecule has 0 saturated carbocycles. The molecule has 0 atom stereocenters. The van der Waals surface area contributed by atoms with Crippen molar-refractivity contribution in [2.45, 2.75) is 13.5 Å². The molecule has 0 aliphatic rings. The van der Waals surface area contributed by atoms with E-state index < -0.39 is 5.76 Å². The first-order valence-corrected chi connectivity index (χ1v) is 7.76. The lowest BCUT2D eigenvalue weighted by molar-refractivity contribution is -0.116. The van der Waals surface area contributed by atoms with Crippen LogP contribution in [0.3, 0.4) is 0 Å². The molecule has 25 heavy (non-hydrogen) atoms. The van der Waals surface area contributed by atoms with Crippen LogP contribution in [0.5, 0.6) is 5.75 Å². The molecule has 0 aliphatic heterocycles. The summed E-state index contributed by atoms with van der Waals surface area (Å²) in [7, 11) is 1.54. The Morgan fingerprint density at radius 1 is 1.28 bits per heavy atom. The van der Waals surface area contributed by atoms with Crippen molar-refractivity contribution in [3.63, 3.8) is 0 Å². The van der Waals surface area contributed by atoms with Crippen LogP contribution >= 0.6 is 0 Å². The van der Waals surface area contributed by atoms with Crippen molar-refractivity contribution in [2.24, 2.45) is 0 Å². The van der Waals surface area contributed by atoms with E-state index >= 15 is 0 Å². The number of oxazole rings is 1. The third-order valence-corrected chi connectivity index (χ3v) is 3.67. The minimum Gasteiger partial charge on any atom is -0.497 e. The fourth-order valence-electron chi connectivity index (χ4n) is 2.44. The number of carbonyl (C=O) groups is 1. The topological polar surface area (TPSA) is 86.6 Å². The Morgan fingerprint density at radius 2 is 2.12 bits per heavy atom. The molecule has 7 nitrogen and oxygen atoms in total. The maximum atomic E-state index is 11.9. The Hall–Kier alpha value is -3.22. The van der Waals surface area contributed by atoms with Crippen LogP contribution in [0.4, 0.5) is 0 Å². The van der Waals surface area contributed by atoms with Crippen LogP contribution in [-0.2, 0) is 11.3 Å². The van der Waals surface area contributed by atoms with E-state index in [-0.39, 0.29) is 5.91 Å². The number of rotatable bonds is 6. The highest BCUT2D eigenvalue weighted by molar-refractivity contribution is 5.91. The normalized spacial score (nSPS) is 11.3. The maximum Gasteiger partial charge on any atom is 0.420 e. The van der Waals surface area contributed by atoms with Crippen LogP contribution < -0.4 is 15.8 Å². The number of nitrogens with zero attached hydrogens (tertiary/aromatic N) is 1. The summed E-state index contributed by atoms with van der Waals surface area (Å²) in [5, 5.41) is 2.72. The highest BCUT2D eigenvalue weighted by atomic mass is 16.5. The lowest BCUT2D eigenvalue weighted by atomic mass is 10.3. The highest BCUT2D eigenvalue weighted by Gasteiger charge is 2.10. The molecule has 0 bridgehead atoms. The first-order chi connectivity index (χ1) is 12.1. The number of aryl methyl sites for hydroxylation is 1. The Bertz CT molecular complexity index is 977. The highest BCUT2D eigenvalue weighted by Crippen LogP contribution is 2.19. The number of aromatic nitrogens is 1. The number of nitrogens with one attached hydrogen (secondary N) is 1. The average molecular weight is 342 g/mol. The van der Waals surface area contributed by atoms with E-state index in [4.69, 9.17) is 13.6 Å². The number of ether oxygens (including phenoxy) is 1. The minimum atomic E-state index is -0.473. The number of fused-ring (bicyclic) bond motifs is 1. The van der Waals surface area contributed by atoms with Crippen LogP contribution in [0, 0.1) is 6.92 Å². The van der Waals surface area contributed by atoms with Gasteiger partial charge in [-0.2, -0.15) is 0 Å². The Kier molecular flexibility index (Phi) is 4.74. The second-order valence-electron chi connectivity index (χ2n) is 5.43. The molecule has 0 aliphatic carbocycles. The Labute approximate surface area is 143 Å². The van der Waals surface area contributed by atoms with Gasteiger partial charge in [0.15, 0.2) is 5.58 Å².